The maximum atomic E-state index is 2.59. The van der Waals surface area contributed by atoms with Crippen molar-refractivity contribution in [2.45, 2.75) is 150 Å². The molecule has 192 valence electrons. The van der Waals surface area contributed by atoms with Crippen molar-refractivity contribution in [1.82, 2.24) is 0 Å². The maximum absolute atomic E-state index is 2.59. The number of hydrogen-bond acceptors (Lipinski definition) is 0. The Morgan fingerprint density at radius 2 is 1.24 bits per heavy atom. The molecule has 0 heterocycles. The third-order valence-electron chi connectivity index (χ3n) is 11.8. The summed E-state index contributed by atoms with van der Waals surface area (Å²) in [5.74, 6) is 10.9. The minimum atomic E-state index is 1.02. The second-order valence-electron chi connectivity index (χ2n) is 13.8. The van der Waals surface area contributed by atoms with E-state index in [1.54, 1.807) is 57.8 Å². The SMILES string of the molecule is CCC1CCCCC1C1CCC(C)C1.CCCC1C(C)CC2CCCC2C1C1CCCCC1. The number of rotatable bonds is 5. The van der Waals surface area contributed by atoms with Crippen LogP contribution in [0.1, 0.15) is 150 Å². The Balaban J connectivity index is 0.000000165. The molecule has 33 heavy (non-hydrogen) atoms. The van der Waals surface area contributed by atoms with Gasteiger partial charge in [-0.3, -0.25) is 0 Å². The summed E-state index contributed by atoms with van der Waals surface area (Å²) >= 11 is 0. The highest BCUT2D eigenvalue weighted by Gasteiger charge is 2.47. The van der Waals surface area contributed by atoms with Gasteiger partial charge in [-0.25, -0.2) is 0 Å². The van der Waals surface area contributed by atoms with Gasteiger partial charge in [0.25, 0.3) is 0 Å². The van der Waals surface area contributed by atoms with E-state index >= 15 is 0 Å². The van der Waals surface area contributed by atoms with E-state index in [1.807, 2.05) is 0 Å². The summed E-state index contributed by atoms with van der Waals surface area (Å²) in [6, 6.07) is 0. The molecule has 5 rings (SSSR count). The van der Waals surface area contributed by atoms with Gasteiger partial charge in [-0.1, -0.05) is 118 Å². The Hall–Kier alpha value is 0. The normalized spacial score (nSPS) is 44.2. The zero-order valence-corrected chi connectivity index (χ0v) is 23.2. The summed E-state index contributed by atoms with van der Waals surface area (Å²) < 4.78 is 0. The third kappa shape index (κ3) is 6.42. The molecule has 0 amide bonds. The van der Waals surface area contributed by atoms with Crippen LogP contribution in [0.25, 0.3) is 0 Å². The Bertz CT molecular complexity index is 544. The van der Waals surface area contributed by atoms with Crippen LogP contribution in [0.4, 0.5) is 0 Å². The van der Waals surface area contributed by atoms with E-state index in [0.717, 1.165) is 59.2 Å². The number of fused-ring (bicyclic) bond motifs is 1. The van der Waals surface area contributed by atoms with Crippen LogP contribution in [-0.2, 0) is 0 Å². The predicted octanol–water partition coefficient (Wildman–Crippen LogP) is 10.7. The predicted molar refractivity (Wildman–Crippen MR) is 145 cm³/mol. The molecule has 0 N–H and O–H groups in total. The van der Waals surface area contributed by atoms with Crippen LogP contribution in [0.15, 0.2) is 0 Å². The average Bonchev–Trinajstić information content (AvgIpc) is 3.49. The lowest BCUT2D eigenvalue weighted by atomic mass is 9.56. The van der Waals surface area contributed by atoms with E-state index < -0.39 is 0 Å². The van der Waals surface area contributed by atoms with Gasteiger partial charge in [0.1, 0.15) is 0 Å². The molecule has 9 atom stereocenters. The van der Waals surface area contributed by atoms with Gasteiger partial charge in [0.05, 0.1) is 0 Å². The van der Waals surface area contributed by atoms with Crippen LogP contribution in [0.3, 0.4) is 0 Å². The van der Waals surface area contributed by atoms with E-state index in [2.05, 4.69) is 27.7 Å². The molecular formula is C33H60. The zero-order valence-electron chi connectivity index (χ0n) is 23.2. The highest BCUT2D eigenvalue weighted by molar-refractivity contribution is 4.96. The van der Waals surface area contributed by atoms with Gasteiger partial charge in [-0.15, -0.1) is 0 Å². The molecule has 5 fully saturated rings. The zero-order chi connectivity index (χ0) is 23.2. The number of hydrogen-bond donors (Lipinski definition) is 0. The second-order valence-corrected chi connectivity index (χ2v) is 13.8. The van der Waals surface area contributed by atoms with Gasteiger partial charge in [0.15, 0.2) is 0 Å². The van der Waals surface area contributed by atoms with Crippen molar-refractivity contribution in [1.29, 1.82) is 0 Å². The summed E-state index contributed by atoms with van der Waals surface area (Å²) in [4.78, 5) is 0. The molecule has 0 saturated heterocycles. The highest BCUT2D eigenvalue weighted by atomic mass is 14.5. The lowest BCUT2D eigenvalue weighted by molar-refractivity contribution is 0.00320. The van der Waals surface area contributed by atoms with Gasteiger partial charge in [-0.05, 0) is 91.3 Å². The molecule has 0 aliphatic heterocycles. The average molecular weight is 457 g/mol. The molecule has 0 aromatic heterocycles. The van der Waals surface area contributed by atoms with E-state index in [4.69, 9.17) is 0 Å². The monoisotopic (exact) mass is 456 g/mol. The van der Waals surface area contributed by atoms with Crippen molar-refractivity contribution in [2.24, 2.45) is 59.2 Å². The fraction of sp³-hybridized carbons (Fsp3) is 1.00. The minimum absolute atomic E-state index is 1.02. The maximum Gasteiger partial charge on any atom is -0.0324 e. The van der Waals surface area contributed by atoms with E-state index in [1.165, 1.54) is 64.2 Å². The van der Waals surface area contributed by atoms with Gasteiger partial charge >= 0.3 is 0 Å². The van der Waals surface area contributed by atoms with Gasteiger partial charge in [-0.2, -0.15) is 0 Å². The van der Waals surface area contributed by atoms with E-state index in [-0.39, 0.29) is 0 Å². The van der Waals surface area contributed by atoms with Crippen molar-refractivity contribution >= 4 is 0 Å². The summed E-state index contributed by atoms with van der Waals surface area (Å²) in [5, 5.41) is 0. The molecule has 0 radical (unpaired) electrons. The van der Waals surface area contributed by atoms with Crippen molar-refractivity contribution in [3.05, 3.63) is 0 Å². The molecule has 0 aromatic rings. The fourth-order valence-electron chi connectivity index (χ4n) is 10.2. The van der Waals surface area contributed by atoms with Crippen LogP contribution in [0.2, 0.25) is 0 Å². The molecule has 0 spiro atoms. The molecular weight excluding hydrogens is 396 g/mol. The van der Waals surface area contributed by atoms with E-state index in [0.29, 0.717) is 0 Å². The Labute approximate surface area is 208 Å². The van der Waals surface area contributed by atoms with Crippen LogP contribution in [-0.4, -0.2) is 0 Å². The first kappa shape index (κ1) is 26.1. The largest absolute Gasteiger partial charge is 0.0654 e. The first-order chi connectivity index (χ1) is 16.1. The summed E-state index contributed by atoms with van der Waals surface area (Å²) in [6.45, 7) is 9.85. The summed E-state index contributed by atoms with van der Waals surface area (Å²) in [7, 11) is 0. The third-order valence-corrected chi connectivity index (χ3v) is 11.8. The van der Waals surface area contributed by atoms with Gasteiger partial charge < -0.3 is 0 Å². The highest BCUT2D eigenvalue weighted by Crippen LogP contribution is 2.55. The van der Waals surface area contributed by atoms with Crippen LogP contribution >= 0.6 is 0 Å². The quantitative estimate of drug-likeness (QED) is 0.386. The van der Waals surface area contributed by atoms with Crippen molar-refractivity contribution in [3.8, 4) is 0 Å². The van der Waals surface area contributed by atoms with Crippen LogP contribution in [0.5, 0.6) is 0 Å². The fourth-order valence-corrected chi connectivity index (χ4v) is 10.2. The second kappa shape index (κ2) is 12.8. The molecule has 0 aromatic carbocycles. The molecule has 0 bridgehead atoms. The summed E-state index contributed by atoms with van der Waals surface area (Å²) in [5.41, 5.74) is 0. The van der Waals surface area contributed by atoms with Crippen LogP contribution in [0, 0.1) is 59.2 Å². The molecule has 5 aliphatic rings. The Morgan fingerprint density at radius 3 is 1.94 bits per heavy atom. The smallest absolute Gasteiger partial charge is 0.0324 e. The summed E-state index contributed by atoms with van der Waals surface area (Å²) in [6.07, 6.45) is 29.1. The van der Waals surface area contributed by atoms with Crippen LogP contribution < -0.4 is 0 Å². The topological polar surface area (TPSA) is 0 Å². The standard InChI is InChI=1S/C19H34.C14H26/c1-3-8-17-14(2)13-16-11-7-12-18(16)19(17)15-9-5-4-6-10-15;1-3-12-6-4-5-7-14(12)13-9-8-11(2)10-13/h14-19H,3-13H2,1-2H3;11-14H,3-10H2,1-2H3. The molecule has 5 aliphatic carbocycles. The lowest BCUT2D eigenvalue weighted by Crippen LogP contribution is -2.41. The first-order valence-corrected chi connectivity index (χ1v) is 16.1. The Kier molecular flexibility index (Phi) is 10.1. The lowest BCUT2D eigenvalue weighted by Gasteiger charge is -2.49. The molecule has 5 saturated carbocycles. The first-order valence-electron chi connectivity index (χ1n) is 16.1. The minimum Gasteiger partial charge on any atom is -0.0654 e. The van der Waals surface area contributed by atoms with Gasteiger partial charge in [0.2, 0.25) is 0 Å². The molecule has 9 unspecified atom stereocenters. The van der Waals surface area contributed by atoms with Crippen molar-refractivity contribution in [3.63, 3.8) is 0 Å². The van der Waals surface area contributed by atoms with E-state index in [9.17, 15) is 0 Å². The Morgan fingerprint density at radius 1 is 0.576 bits per heavy atom. The van der Waals surface area contributed by atoms with Crippen molar-refractivity contribution < 1.29 is 0 Å². The molecule has 0 heteroatoms. The van der Waals surface area contributed by atoms with Crippen molar-refractivity contribution in [2.75, 3.05) is 0 Å². The van der Waals surface area contributed by atoms with Gasteiger partial charge in [0, 0.05) is 0 Å². The molecule has 0 nitrogen and oxygen atoms in total.